The zero-order valence-electron chi connectivity index (χ0n) is 12.7. The molecule has 1 N–H and O–H groups in total. The van der Waals surface area contributed by atoms with Crippen molar-refractivity contribution in [2.24, 2.45) is 4.99 Å². The van der Waals surface area contributed by atoms with Crippen LogP contribution in [-0.2, 0) is 9.53 Å². The van der Waals surface area contributed by atoms with Gasteiger partial charge in [-0.15, -0.1) is 0 Å². The minimum absolute atomic E-state index is 0.0326. The van der Waals surface area contributed by atoms with Gasteiger partial charge in [0.1, 0.15) is 6.54 Å². The Bertz CT molecular complexity index is 327. The van der Waals surface area contributed by atoms with Gasteiger partial charge in [0.2, 0.25) is 5.91 Å². The first-order chi connectivity index (χ1) is 8.88. The van der Waals surface area contributed by atoms with E-state index in [4.69, 9.17) is 4.74 Å². The molecule has 0 atom stereocenters. The number of carbonyl (C=O) groups excluding carboxylic acids is 1. The van der Waals surface area contributed by atoms with E-state index >= 15 is 0 Å². The Morgan fingerprint density at radius 1 is 1.37 bits per heavy atom. The summed E-state index contributed by atoms with van der Waals surface area (Å²) in [5.74, 6) is 0.644. The van der Waals surface area contributed by atoms with E-state index in [0.29, 0.717) is 25.7 Å². The maximum absolute atomic E-state index is 11.6. The van der Waals surface area contributed by atoms with Crippen molar-refractivity contribution in [2.75, 3.05) is 54.5 Å². The molecule has 0 saturated carbocycles. The normalized spacial score (nSPS) is 11.1. The molecule has 6 heteroatoms. The predicted octanol–water partition coefficient (Wildman–Crippen LogP) is 0.175. The molecule has 0 aromatic carbocycles. The molecule has 0 unspecified atom stereocenters. The van der Waals surface area contributed by atoms with Gasteiger partial charge in [-0.2, -0.15) is 0 Å². The third-order valence-corrected chi connectivity index (χ3v) is 2.32. The zero-order valence-corrected chi connectivity index (χ0v) is 12.7. The van der Waals surface area contributed by atoms with Gasteiger partial charge in [-0.1, -0.05) is 12.2 Å². The lowest BCUT2D eigenvalue weighted by molar-refractivity contribution is -0.127. The van der Waals surface area contributed by atoms with Gasteiger partial charge in [-0.05, 0) is 6.92 Å². The smallest absolute Gasteiger partial charge is 0.243 e. The number of carbonyl (C=O) groups is 1. The number of nitrogens with one attached hydrogen (secondary N) is 1. The Labute approximate surface area is 116 Å². The number of rotatable bonds is 7. The van der Waals surface area contributed by atoms with Gasteiger partial charge in [0.25, 0.3) is 0 Å². The lowest BCUT2D eigenvalue weighted by Gasteiger charge is -2.22. The first-order valence-electron chi connectivity index (χ1n) is 6.21. The molecule has 0 aromatic rings. The van der Waals surface area contributed by atoms with Crippen LogP contribution in [0.3, 0.4) is 0 Å². The van der Waals surface area contributed by atoms with Gasteiger partial charge in [0.15, 0.2) is 5.96 Å². The molecule has 0 fully saturated rings. The summed E-state index contributed by atoms with van der Waals surface area (Å²) in [6.45, 7) is 7.87. The van der Waals surface area contributed by atoms with E-state index in [1.807, 2.05) is 18.9 Å². The molecule has 0 radical (unpaired) electrons. The summed E-state index contributed by atoms with van der Waals surface area (Å²) in [6.07, 6.45) is 0. The summed E-state index contributed by atoms with van der Waals surface area (Å²) in [5.41, 5.74) is 1.03. The molecule has 0 bridgehead atoms. The van der Waals surface area contributed by atoms with Gasteiger partial charge in [0.05, 0.1) is 6.61 Å². The van der Waals surface area contributed by atoms with Crippen molar-refractivity contribution in [1.29, 1.82) is 0 Å². The Hall–Kier alpha value is -1.56. The molecule has 0 saturated heterocycles. The van der Waals surface area contributed by atoms with Crippen LogP contribution in [0.2, 0.25) is 0 Å². The number of hydrogen-bond donors (Lipinski definition) is 1. The van der Waals surface area contributed by atoms with Gasteiger partial charge in [0, 0.05) is 41.3 Å². The van der Waals surface area contributed by atoms with Crippen LogP contribution >= 0.6 is 0 Å². The second-order valence-corrected chi connectivity index (χ2v) is 4.66. The van der Waals surface area contributed by atoms with E-state index in [1.54, 1.807) is 21.2 Å². The number of guanidine groups is 1. The Morgan fingerprint density at radius 2 is 2.00 bits per heavy atom. The van der Waals surface area contributed by atoms with E-state index in [1.165, 1.54) is 4.90 Å². The molecular formula is C13H26N4O2. The van der Waals surface area contributed by atoms with Crippen molar-refractivity contribution >= 4 is 11.9 Å². The number of hydrogen-bond acceptors (Lipinski definition) is 3. The Kier molecular flexibility index (Phi) is 8.61. The summed E-state index contributed by atoms with van der Waals surface area (Å²) < 4.78 is 4.99. The number of ether oxygens (including phenoxy) is 1. The van der Waals surface area contributed by atoms with Crippen molar-refractivity contribution in [1.82, 2.24) is 15.1 Å². The van der Waals surface area contributed by atoms with E-state index in [9.17, 15) is 4.79 Å². The molecule has 0 aliphatic carbocycles. The second-order valence-electron chi connectivity index (χ2n) is 4.66. The van der Waals surface area contributed by atoms with Crippen LogP contribution in [0.15, 0.2) is 17.1 Å². The summed E-state index contributed by atoms with van der Waals surface area (Å²) in [7, 11) is 6.99. The number of aliphatic imine (C=N–C) groups is 1. The average Bonchev–Trinajstić information content (AvgIpc) is 2.31. The minimum atomic E-state index is -0.0326. The first-order valence-corrected chi connectivity index (χ1v) is 6.21. The summed E-state index contributed by atoms with van der Waals surface area (Å²) in [4.78, 5) is 19.3. The Balaban J connectivity index is 4.59. The first kappa shape index (κ1) is 17.4. The number of likely N-dealkylation sites (N-methyl/N-ethyl adjacent to an activating group) is 2. The molecule has 0 aliphatic rings. The van der Waals surface area contributed by atoms with Crippen LogP contribution in [0.25, 0.3) is 0 Å². The molecule has 0 spiro atoms. The molecule has 6 nitrogen and oxygen atoms in total. The fraction of sp³-hybridized carbons (Fsp3) is 0.692. The Morgan fingerprint density at radius 3 is 2.47 bits per heavy atom. The number of amides is 1. The predicted molar refractivity (Wildman–Crippen MR) is 78.3 cm³/mol. The molecule has 1 amide bonds. The van der Waals surface area contributed by atoms with E-state index in [0.717, 1.165) is 5.57 Å². The van der Waals surface area contributed by atoms with E-state index in [2.05, 4.69) is 16.9 Å². The topological polar surface area (TPSA) is 57.2 Å². The molecule has 19 heavy (non-hydrogen) atoms. The maximum Gasteiger partial charge on any atom is 0.243 e. The molecule has 0 rings (SSSR count). The summed E-state index contributed by atoms with van der Waals surface area (Å²) in [6, 6.07) is 0. The minimum Gasteiger partial charge on any atom is -0.383 e. The average molecular weight is 270 g/mol. The van der Waals surface area contributed by atoms with Crippen molar-refractivity contribution in [3.05, 3.63) is 12.2 Å². The second kappa shape index (κ2) is 9.38. The van der Waals surface area contributed by atoms with Crippen molar-refractivity contribution in [2.45, 2.75) is 6.92 Å². The highest BCUT2D eigenvalue weighted by molar-refractivity contribution is 5.84. The third kappa shape index (κ3) is 8.20. The van der Waals surface area contributed by atoms with Crippen LogP contribution in [0.4, 0.5) is 0 Å². The number of nitrogens with zero attached hydrogens (tertiary/aromatic N) is 3. The largest absolute Gasteiger partial charge is 0.383 e. The highest BCUT2D eigenvalue weighted by Crippen LogP contribution is 1.94. The highest BCUT2D eigenvalue weighted by Gasteiger charge is 2.08. The molecule has 0 aliphatic heterocycles. The fourth-order valence-electron chi connectivity index (χ4n) is 1.34. The van der Waals surface area contributed by atoms with Crippen LogP contribution < -0.4 is 5.32 Å². The molecular weight excluding hydrogens is 244 g/mol. The van der Waals surface area contributed by atoms with Gasteiger partial charge >= 0.3 is 0 Å². The monoisotopic (exact) mass is 270 g/mol. The molecule has 110 valence electrons. The SMILES string of the molecule is C=C(C)CN(C)C(=NCC(=O)N(C)C)NCCOC. The maximum atomic E-state index is 11.6. The zero-order chi connectivity index (χ0) is 14.8. The molecule has 0 aromatic heterocycles. The lowest BCUT2D eigenvalue weighted by atomic mass is 10.3. The quantitative estimate of drug-likeness (QED) is 0.310. The van der Waals surface area contributed by atoms with Crippen LogP contribution in [0.1, 0.15) is 6.92 Å². The van der Waals surface area contributed by atoms with Gasteiger partial charge in [-0.3, -0.25) is 4.79 Å². The lowest BCUT2D eigenvalue weighted by Crippen LogP contribution is -2.41. The van der Waals surface area contributed by atoms with Crippen LogP contribution in [0.5, 0.6) is 0 Å². The van der Waals surface area contributed by atoms with E-state index < -0.39 is 0 Å². The third-order valence-electron chi connectivity index (χ3n) is 2.32. The van der Waals surface area contributed by atoms with E-state index in [-0.39, 0.29) is 12.5 Å². The summed E-state index contributed by atoms with van der Waals surface area (Å²) in [5, 5.41) is 3.16. The molecule has 0 heterocycles. The number of methoxy groups -OCH3 is 1. The fourth-order valence-corrected chi connectivity index (χ4v) is 1.34. The van der Waals surface area contributed by atoms with Crippen molar-refractivity contribution in [3.63, 3.8) is 0 Å². The van der Waals surface area contributed by atoms with Gasteiger partial charge in [-0.25, -0.2) is 4.99 Å². The van der Waals surface area contributed by atoms with Crippen LogP contribution in [0, 0.1) is 0 Å². The van der Waals surface area contributed by atoms with Crippen molar-refractivity contribution in [3.8, 4) is 0 Å². The van der Waals surface area contributed by atoms with Crippen molar-refractivity contribution < 1.29 is 9.53 Å². The highest BCUT2D eigenvalue weighted by atomic mass is 16.5. The van der Waals surface area contributed by atoms with Crippen LogP contribution in [-0.4, -0.2) is 76.2 Å². The summed E-state index contributed by atoms with van der Waals surface area (Å²) >= 11 is 0. The standard InChI is InChI=1S/C13H26N4O2/c1-11(2)10-17(5)13(14-7-8-19-6)15-9-12(18)16(3)4/h1,7-10H2,2-6H3,(H,14,15). The van der Waals surface area contributed by atoms with Gasteiger partial charge < -0.3 is 19.9 Å².